The van der Waals surface area contributed by atoms with Crippen LogP contribution >= 0.6 is 0 Å². The maximum atomic E-state index is 13.0. The summed E-state index contributed by atoms with van der Waals surface area (Å²) in [5.74, 6) is 0.845. The van der Waals surface area contributed by atoms with Gasteiger partial charge in [0.1, 0.15) is 11.9 Å². The lowest BCUT2D eigenvalue weighted by atomic mass is 10.1. The third kappa shape index (κ3) is 3.54. The molecule has 2 aliphatic rings. The maximum Gasteiger partial charge on any atom is 0.272 e. The summed E-state index contributed by atoms with van der Waals surface area (Å²) in [6.45, 7) is 1.39. The van der Waals surface area contributed by atoms with Gasteiger partial charge < -0.3 is 19.5 Å². The molecule has 148 valence electrons. The third-order valence-electron chi connectivity index (χ3n) is 5.00. The Morgan fingerprint density at radius 2 is 1.97 bits per heavy atom. The zero-order valence-electron chi connectivity index (χ0n) is 15.4. The third-order valence-corrected chi connectivity index (χ3v) is 5.00. The molecule has 0 bridgehead atoms. The minimum Gasteiger partial charge on any atom is -0.454 e. The van der Waals surface area contributed by atoms with Crippen LogP contribution in [-0.2, 0) is 24.4 Å². The van der Waals surface area contributed by atoms with Gasteiger partial charge in [0.25, 0.3) is 5.91 Å². The summed E-state index contributed by atoms with van der Waals surface area (Å²) in [5, 5.41) is 7.24. The Morgan fingerprint density at radius 3 is 2.83 bits per heavy atom. The van der Waals surface area contributed by atoms with Crippen molar-refractivity contribution in [2.75, 3.05) is 6.79 Å². The van der Waals surface area contributed by atoms with E-state index in [0.717, 1.165) is 22.6 Å². The predicted molar refractivity (Wildman–Crippen MR) is 99.9 cm³/mol. The molecule has 2 aromatic carbocycles. The van der Waals surface area contributed by atoms with Crippen molar-refractivity contribution in [2.24, 2.45) is 0 Å². The fourth-order valence-corrected chi connectivity index (χ4v) is 3.43. The first-order chi connectivity index (χ1) is 14.2. The minimum absolute atomic E-state index is 0.188. The van der Waals surface area contributed by atoms with E-state index < -0.39 is 0 Å². The highest BCUT2D eigenvalue weighted by Crippen LogP contribution is 2.36. The summed E-state index contributed by atoms with van der Waals surface area (Å²) >= 11 is 0. The molecule has 0 unspecified atom stereocenters. The number of hydrogen-bond donors (Lipinski definition) is 1. The number of fused-ring (bicyclic) bond motifs is 2. The summed E-state index contributed by atoms with van der Waals surface area (Å²) in [4.78, 5) is 12.4. The van der Waals surface area contributed by atoms with E-state index in [1.807, 2.05) is 18.2 Å². The Morgan fingerprint density at radius 1 is 1.14 bits per heavy atom. The number of benzene rings is 2. The lowest BCUT2D eigenvalue weighted by Crippen LogP contribution is -2.24. The Hall–Kier alpha value is -3.39. The van der Waals surface area contributed by atoms with Gasteiger partial charge in [-0.15, -0.1) is 0 Å². The van der Waals surface area contributed by atoms with Crippen LogP contribution in [0.2, 0.25) is 0 Å². The second kappa shape index (κ2) is 7.21. The molecule has 1 aromatic heterocycles. The second-order valence-corrected chi connectivity index (χ2v) is 6.92. The van der Waals surface area contributed by atoms with E-state index in [0.29, 0.717) is 31.1 Å². The highest BCUT2D eigenvalue weighted by molar-refractivity contribution is 5.92. The van der Waals surface area contributed by atoms with Gasteiger partial charge in [0.2, 0.25) is 6.79 Å². The van der Waals surface area contributed by atoms with Gasteiger partial charge in [-0.1, -0.05) is 18.2 Å². The first kappa shape index (κ1) is 17.7. The average molecular weight is 395 g/mol. The quantitative estimate of drug-likeness (QED) is 0.735. The van der Waals surface area contributed by atoms with Gasteiger partial charge in [-0.2, -0.15) is 5.10 Å². The molecule has 0 fully saturated rings. The molecular formula is C21H18FN3O4. The number of rotatable bonds is 4. The van der Waals surface area contributed by atoms with E-state index in [1.165, 1.54) is 12.1 Å². The lowest BCUT2D eigenvalue weighted by Gasteiger charge is -2.24. The van der Waals surface area contributed by atoms with Crippen molar-refractivity contribution in [1.82, 2.24) is 15.1 Å². The standard InChI is InChI=1S/C21H18FN3O4/c22-15-4-1-13(2-5-15)9-23-21(26)17-8-16-11-27-20(10-25(16)24-17)14-3-6-18-19(7-14)29-12-28-18/h1-8,20H,9-12H2,(H,23,26)/t20-/m1/s1. The largest absolute Gasteiger partial charge is 0.454 e. The van der Waals surface area contributed by atoms with E-state index in [4.69, 9.17) is 14.2 Å². The Kier molecular flexibility index (Phi) is 4.40. The topological polar surface area (TPSA) is 74.6 Å². The number of carbonyl (C=O) groups excluding carboxylic acids is 1. The molecule has 0 saturated carbocycles. The number of halogens is 1. The molecule has 3 aromatic rings. The molecule has 0 spiro atoms. The fourth-order valence-electron chi connectivity index (χ4n) is 3.43. The van der Waals surface area contributed by atoms with Crippen molar-refractivity contribution >= 4 is 5.91 Å². The van der Waals surface area contributed by atoms with Gasteiger partial charge in [-0.05, 0) is 41.5 Å². The number of nitrogens with one attached hydrogen (secondary N) is 1. The molecule has 0 aliphatic carbocycles. The Balaban J connectivity index is 1.26. The van der Waals surface area contributed by atoms with Crippen molar-refractivity contribution in [3.8, 4) is 11.5 Å². The van der Waals surface area contributed by atoms with Crippen LogP contribution in [0.15, 0.2) is 48.5 Å². The highest BCUT2D eigenvalue weighted by atomic mass is 19.1. The van der Waals surface area contributed by atoms with Gasteiger partial charge in [-0.25, -0.2) is 4.39 Å². The van der Waals surface area contributed by atoms with E-state index in [1.54, 1.807) is 22.9 Å². The maximum absolute atomic E-state index is 13.0. The van der Waals surface area contributed by atoms with Crippen LogP contribution in [0.3, 0.4) is 0 Å². The summed E-state index contributed by atoms with van der Waals surface area (Å²) in [6.07, 6.45) is -0.188. The summed E-state index contributed by atoms with van der Waals surface area (Å²) < 4.78 is 31.5. The summed E-state index contributed by atoms with van der Waals surface area (Å²) in [7, 11) is 0. The van der Waals surface area contributed by atoms with Crippen LogP contribution in [0.25, 0.3) is 0 Å². The van der Waals surface area contributed by atoms with Gasteiger partial charge in [-0.3, -0.25) is 9.48 Å². The van der Waals surface area contributed by atoms with Crippen molar-refractivity contribution in [3.63, 3.8) is 0 Å². The van der Waals surface area contributed by atoms with Gasteiger partial charge in [0.05, 0.1) is 18.8 Å². The Labute approximate surface area is 166 Å². The van der Waals surface area contributed by atoms with Crippen LogP contribution in [0, 0.1) is 5.82 Å². The van der Waals surface area contributed by atoms with Gasteiger partial charge in [0.15, 0.2) is 17.2 Å². The number of nitrogens with zero attached hydrogens (tertiary/aromatic N) is 2. The lowest BCUT2D eigenvalue weighted by molar-refractivity contribution is -0.00128. The van der Waals surface area contributed by atoms with Crippen molar-refractivity contribution in [3.05, 3.63) is 76.9 Å². The van der Waals surface area contributed by atoms with E-state index in [9.17, 15) is 9.18 Å². The average Bonchev–Trinajstić information content (AvgIpc) is 3.38. The molecular weight excluding hydrogens is 377 g/mol. The summed E-state index contributed by atoms with van der Waals surface area (Å²) in [5.41, 5.74) is 2.96. The molecule has 29 heavy (non-hydrogen) atoms. The molecule has 5 rings (SSSR count). The molecule has 1 atom stereocenters. The zero-order chi connectivity index (χ0) is 19.8. The van der Waals surface area contributed by atoms with Crippen LogP contribution in [-0.4, -0.2) is 22.5 Å². The number of amides is 1. The highest BCUT2D eigenvalue weighted by Gasteiger charge is 2.25. The molecule has 8 heteroatoms. The number of carbonyl (C=O) groups is 1. The van der Waals surface area contributed by atoms with Crippen molar-refractivity contribution < 1.29 is 23.4 Å². The van der Waals surface area contributed by atoms with Gasteiger partial charge in [0, 0.05) is 6.54 Å². The monoisotopic (exact) mass is 395 g/mol. The number of aromatic nitrogens is 2. The van der Waals surface area contributed by atoms with Crippen LogP contribution in [0.1, 0.15) is 33.4 Å². The van der Waals surface area contributed by atoms with E-state index in [-0.39, 0.29) is 24.6 Å². The van der Waals surface area contributed by atoms with E-state index in [2.05, 4.69) is 10.4 Å². The zero-order valence-corrected chi connectivity index (χ0v) is 15.4. The number of ether oxygens (including phenoxy) is 3. The van der Waals surface area contributed by atoms with Crippen molar-refractivity contribution in [2.45, 2.75) is 25.8 Å². The molecule has 2 aliphatic heterocycles. The summed E-state index contributed by atoms with van der Waals surface area (Å²) in [6, 6.07) is 13.5. The fraction of sp³-hybridized carbons (Fsp3) is 0.238. The first-order valence-electron chi connectivity index (χ1n) is 9.26. The molecule has 0 radical (unpaired) electrons. The van der Waals surface area contributed by atoms with Crippen LogP contribution in [0.4, 0.5) is 4.39 Å². The second-order valence-electron chi connectivity index (χ2n) is 6.92. The smallest absolute Gasteiger partial charge is 0.272 e. The first-order valence-corrected chi connectivity index (χ1v) is 9.26. The van der Waals surface area contributed by atoms with Crippen LogP contribution < -0.4 is 14.8 Å². The van der Waals surface area contributed by atoms with Crippen LogP contribution in [0.5, 0.6) is 11.5 Å². The minimum atomic E-state index is -0.307. The molecule has 7 nitrogen and oxygen atoms in total. The number of hydrogen-bond acceptors (Lipinski definition) is 5. The molecule has 0 saturated heterocycles. The Bertz CT molecular complexity index is 1060. The predicted octanol–water partition coefficient (Wildman–Crippen LogP) is 2.95. The molecule has 1 amide bonds. The SMILES string of the molecule is O=C(NCc1ccc(F)cc1)c1cc2n(n1)C[C@H](c1ccc3c(c1)OCO3)OC2. The normalized spacial score (nSPS) is 17.1. The molecule has 3 heterocycles. The van der Waals surface area contributed by atoms with Gasteiger partial charge >= 0.3 is 0 Å². The molecule has 1 N–H and O–H groups in total. The van der Waals surface area contributed by atoms with Crippen molar-refractivity contribution in [1.29, 1.82) is 0 Å². The van der Waals surface area contributed by atoms with E-state index >= 15 is 0 Å².